The molecule has 0 amide bonds. The van der Waals surface area contributed by atoms with E-state index in [4.69, 9.17) is 4.74 Å². The van der Waals surface area contributed by atoms with E-state index in [2.05, 4.69) is 15.9 Å². The van der Waals surface area contributed by atoms with E-state index in [0.717, 1.165) is 5.75 Å². The summed E-state index contributed by atoms with van der Waals surface area (Å²) in [5.74, 6) is 0.285. The summed E-state index contributed by atoms with van der Waals surface area (Å²) in [4.78, 5) is 0. The quantitative estimate of drug-likeness (QED) is 0.891. The van der Waals surface area contributed by atoms with Crippen molar-refractivity contribution in [3.05, 3.63) is 63.9 Å². The minimum absolute atomic E-state index is 0.0910. The molecule has 0 aromatic heterocycles. The summed E-state index contributed by atoms with van der Waals surface area (Å²) in [6, 6.07) is 11.9. The van der Waals surface area contributed by atoms with Gasteiger partial charge < -0.3 is 9.84 Å². The summed E-state index contributed by atoms with van der Waals surface area (Å²) < 4.78 is 19.8. The molecule has 0 spiro atoms. The topological polar surface area (TPSA) is 29.5 Å². The van der Waals surface area contributed by atoms with Crippen molar-refractivity contribution in [3.63, 3.8) is 0 Å². The van der Waals surface area contributed by atoms with Crippen LogP contribution < -0.4 is 4.74 Å². The van der Waals surface area contributed by atoms with Gasteiger partial charge in [0.05, 0.1) is 10.6 Å². The van der Waals surface area contributed by atoms with Crippen LogP contribution in [0, 0.1) is 5.82 Å². The highest BCUT2D eigenvalue weighted by atomic mass is 79.9. The molecule has 20 heavy (non-hydrogen) atoms. The van der Waals surface area contributed by atoms with Crippen LogP contribution in [0.1, 0.15) is 31.1 Å². The zero-order chi connectivity index (χ0) is 14.7. The van der Waals surface area contributed by atoms with Gasteiger partial charge in [0.1, 0.15) is 17.7 Å². The number of halogens is 2. The number of benzene rings is 2. The predicted molar refractivity (Wildman–Crippen MR) is 80.4 cm³/mol. The third-order valence-electron chi connectivity index (χ3n) is 2.84. The largest absolute Gasteiger partial charge is 0.491 e. The molecular weight excluding hydrogens is 323 g/mol. The molecule has 106 valence electrons. The van der Waals surface area contributed by atoms with Crippen molar-refractivity contribution >= 4 is 15.9 Å². The van der Waals surface area contributed by atoms with Gasteiger partial charge in [0.25, 0.3) is 0 Å². The average molecular weight is 339 g/mol. The molecule has 1 unspecified atom stereocenters. The van der Waals surface area contributed by atoms with E-state index in [1.165, 1.54) is 0 Å². The van der Waals surface area contributed by atoms with Crippen molar-refractivity contribution < 1.29 is 14.2 Å². The van der Waals surface area contributed by atoms with E-state index < -0.39 is 11.9 Å². The van der Waals surface area contributed by atoms with Crippen LogP contribution in [0.25, 0.3) is 0 Å². The minimum atomic E-state index is -0.999. The van der Waals surface area contributed by atoms with E-state index in [-0.39, 0.29) is 11.7 Å². The van der Waals surface area contributed by atoms with Gasteiger partial charge in [0.15, 0.2) is 0 Å². The number of hydrogen-bond acceptors (Lipinski definition) is 2. The highest BCUT2D eigenvalue weighted by Crippen LogP contribution is 2.29. The lowest BCUT2D eigenvalue weighted by Gasteiger charge is -2.15. The highest BCUT2D eigenvalue weighted by molar-refractivity contribution is 9.10. The Morgan fingerprint density at radius 1 is 1.10 bits per heavy atom. The first-order chi connectivity index (χ1) is 9.49. The first kappa shape index (κ1) is 15.0. The van der Waals surface area contributed by atoms with Gasteiger partial charge in [-0.25, -0.2) is 4.39 Å². The van der Waals surface area contributed by atoms with Gasteiger partial charge in [0, 0.05) is 5.56 Å². The first-order valence-electron chi connectivity index (χ1n) is 6.37. The fourth-order valence-corrected chi connectivity index (χ4v) is 2.29. The number of aliphatic hydroxyl groups excluding tert-OH is 1. The molecule has 2 aromatic carbocycles. The van der Waals surface area contributed by atoms with Gasteiger partial charge >= 0.3 is 0 Å². The van der Waals surface area contributed by atoms with Crippen LogP contribution in [0.15, 0.2) is 46.9 Å². The Morgan fingerprint density at radius 3 is 2.35 bits per heavy atom. The van der Waals surface area contributed by atoms with E-state index >= 15 is 0 Å². The third kappa shape index (κ3) is 3.38. The van der Waals surface area contributed by atoms with Gasteiger partial charge in [-0.15, -0.1) is 0 Å². The molecule has 0 saturated carbocycles. The minimum Gasteiger partial charge on any atom is -0.491 e. The number of rotatable bonds is 4. The lowest BCUT2D eigenvalue weighted by Crippen LogP contribution is -2.06. The number of hydrogen-bond donors (Lipinski definition) is 1. The first-order valence-corrected chi connectivity index (χ1v) is 7.17. The van der Waals surface area contributed by atoms with Gasteiger partial charge in [-0.3, -0.25) is 0 Å². The van der Waals surface area contributed by atoms with Gasteiger partial charge in [-0.2, -0.15) is 0 Å². The smallest absolute Gasteiger partial charge is 0.143 e. The normalized spacial score (nSPS) is 12.5. The van der Waals surface area contributed by atoms with Gasteiger partial charge in [0.2, 0.25) is 0 Å². The predicted octanol–water partition coefficient (Wildman–Crippen LogP) is 4.46. The zero-order valence-corrected chi connectivity index (χ0v) is 12.9. The summed E-state index contributed by atoms with van der Waals surface area (Å²) in [7, 11) is 0. The molecule has 0 radical (unpaired) electrons. The Labute approximate surface area is 126 Å². The number of ether oxygens (including phenoxy) is 1. The van der Waals surface area contributed by atoms with Gasteiger partial charge in [-0.1, -0.05) is 24.3 Å². The van der Waals surface area contributed by atoms with Crippen LogP contribution in [0.3, 0.4) is 0 Å². The van der Waals surface area contributed by atoms with E-state index in [0.29, 0.717) is 10.0 Å². The van der Waals surface area contributed by atoms with E-state index in [9.17, 15) is 9.50 Å². The zero-order valence-electron chi connectivity index (χ0n) is 11.3. The molecule has 0 aliphatic rings. The molecule has 0 fully saturated rings. The summed E-state index contributed by atoms with van der Waals surface area (Å²) in [5.41, 5.74) is 0.870. The summed E-state index contributed by atoms with van der Waals surface area (Å²) >= 11 is 3.12. The Hall–Kier alpha value is -1.39. The Balaban J connectivity index is 2.25. The maximum Gasteiger partial charge on any atom is 0.143 e. The summed E-state index contributed by atoms with van der Waals surface area (Å²) in [5, 5.41) is 10.3. The Kier molecular flexibility index (Phi) is 4.78. The average Bonchev–Trinajstić information content (AvgIpc) is 2.41. The fourth-order valence-electron chi connectivity index (χ4n) is 1.91. The van der Waals surface area contributed by atoms with Crippen molar-refractivity contribution in [3.8, 4) is 5.75 Å². The van der Waals surface area contributed by atoms with Crippen molar-refractivity contribution in [1.29, 1.82) is 0 Å². The molecule has 0 bridgehead atoms. The fraction of sp³-hybridized carbons (Fsp3) is 0.250. The maximum absolute atomic E-state index is 14.0. The molecule has 1 atom stereocenters. The van der Waals surface area contributed by atoms with Gasteiger partial charge in [-0.05, 0) is 53.5 Å². The lowest BCUT2D eigenvalue weighted by molar-refractivity contribution is 0.214. The van der Waals surface area contributed by atoms with Crippen LogP contribution in [0.2, 0.25) is 0 Å². The highest BCUT2D eigenvalue weighted by Gasteiger charge is 2.16. The van der Waals surface area contributed by atoms with Crippen LogP contribution >= 0.6 is 15.9 Å². The van der Waals surface area contributed by atoms with E-state index in [1.54, 1.807) is 42.5 Å². The molecule has 2 aromatic rings. The molecule has 0 aliphatic heterocycles. The monoisotopic (exact) mass is 338 g/mol. The second-order valence-electron chi connectivity index (χ2n) is 4.78. The van der Waals surface area contributed by atoms with Crippen molar-refractivity contribution in [1.82, 2.24) is 0 Å². The molecule has 0 heterocycles. The Bertz CT molecular complexity index is 582. The second kappa shape index (κ2) is 6.37. The molecule has 2 rings (SSSR count). The second-order valence-corrected chi connectivity index (χ2v) is 5.64. The molecule has 4 heteroatoms. The van der Waals surface area contributed by atoms with Crippen molar-refractivity contribution in [2.75, 3.05) is 0 Å². The Morgan fingerprint density at radius 2 is 1.75 bits per heavy atom. The maximum atomic E-state index is 14.0. The summed E-state index contributed by atoms with van der Waals surface area (Å²) in [6.07, 6.45) is -0.908. The van der Waals surface area contributed by atoms with Crippen molar-refractivity contribution in [2.24, 2.45) is 0 Å². The van der Waals surface area contributed by atoms with E-state index in [1.807, 2.05) is 13.8 Å². The molecule has 1 N–H and O–H groups in total. The molecular formula is C16H16BrFO2. The summed E-state index contributed by atoms with van der Waals surface area (Å²) in [6.45, 7) is 3.89. The standard InChI is InChI=1S/C16H16BrFO2/c1-10(2)20-12-8-6-11(7-9-12)16(19)13-4-3-5-14(17)15(13)18/h3-10,16,19H,1-2H3. The van der Waals surface area contributed by atoms with Crippen LogP contribution in [-0.4, -0.2) is 11.2 Å². The molecule has 0 aliphatic carbocycles. The number of aliphatic hydroxyl groups is 1. The molecule has 2 nitrogen and oxygen atoms in total. The van der Waals surface area contributed by atoms with Crippen LogP contribution in [0.5, 0.6) is 5.75 Å². The SMILES string of the molecule is CC(C)Oc1ccc(C(O)c2cccc(Br)c2F)cc1. The molecule has 0 saturated heterocycles. The third-order valence-corrected chi connectivity index (χ3v) is 3.46. The van der Waals surface area contributed by atoms with Crippen LogP contribution in [0.4, 0.5) is 4.39 Å². The van der Waals surface area contributed by atoms with Crippen LogP contribution in [-0.2, 0) is 0 Å². The lowest BCUT2D eigenvalue weighted by atomic mass is 10.0. The van der Waals surface area contributed by atoms with Crippen molar-refractivity contribution in [2.45, 2.75) is 26.1 Å².